The van der Waals surface area contributed by atoms with Gasteiger partial charge in [-0.05, 0) is 24.0 Å². The van der Waals surface area contributed by atoms with Gasteiger partial charge in [-0.1, -0.05) is 32.9 Å². The summed E-state index contributed by atoms with van der Waals surface area (Å²) in [7, 11) is 0. The molecule has 0 aliphatic heterocycles. The van der Waals surface area contributed by atoms with Crippen LogP contribution in [0, 0.1) is 5.41 Å². The molecule has 0 radical (unpaired) electrons. The van der Waals surface area contributed by atoms with Crippen molar-refractivity contribution in [1.82, 2.24) is 0 Å². The highest BCUT2D eigenvalue weighted by Gasteiger charge is 2.11. The van der Waals surface area contributed by atoms with Gasteiger partial charge in [-0.25, -0.2) is 0 Å². The summed E-state index contributed by atoms with van der Waals surface area (Å²) in [4.78, 5) is 0. The van der Waals surface area contributed by atoms with Crippen LogP contribution in [-0.2, 0) is 0 Å². The third kappa shape index (κ3) is 5.52. The summed E-state index contributed by atoms with van der Waals surface area (Å²) in [5.41, 5.74) is 0.822. The molecule has 1 aromatic rings. The highest BCUT2D eigenvalue weighted by atomic mass is 19.3. The molecule has 0 saturated carbocycles. The second-order valence-corrected chi connectivity index (χ2v) is 5.11. The van der Waals surface area contributed by atoms with Gasteiger partial charge in [0.1, 0.15) is 5.75 Å². The van der Waals surface area contributed by atoms with Gasteiger partial charge < -0.3 is 10.1 Å². The van der Waals surface area contributed by atoms with Crippen LogP contribution in [0.4, 0.5) is 14.5 Å². The molecule has 17 heavy (non-hydrogen) atoms. The molecule has 0 fully saturated rings. The Labute approximate surface area is 101 Å². The Balaban J connectivity index is 2.58. The third-order valence-corrected chi connectivity index (χ3v) is 2.29. The molecule has 1 N–H and O–H groups in total. The number of ether oxygens (including phenoxy) is 1. The van der Waals surface area contributed by atoms with Crippen LogP contribution in [-0.4, -0.2) is 13.2 Å². The van der Waals surface area contributed by atoms with E-state index in [9.17, 15) is 8.78 Å². The van der Waals surface area contributed by atoms with E-state index in [0.717, 1.165) is 13.0 Å². The van der Waals surface area contributed by atoms with E-state index in [1.54, 1.807) is 18.2 Å². The van der Waals surface area contributed by atoms with Crippen LogP contribution in [0.15, 0.2) is 24.3 Å². The van der Waals surface area contributed by atoms with Crippen molar-refractivity contribution >= 4 is 5.69 Å². The smallest absolute Gasteiger partial charge is 0.387 e. The van der Waals surface area contributed by atoms with Crippen molar-refractivity contribution in [3.8, 4) is 5.75 Å². The number of benzene rings is 1. The standard InChI is InChI=1S/C13H19F2NO/c1-13(2,3)8-9-16-10-6-4-5-7-11(10)17-12(14)15/h4-7,12,16H,8-9H2,1-3H3. The number of nitrogens with one attached hydrogen (secondary N) is 1. The van der Waals surface area contributed by atoms with Gasteiger partial charge in [0.2, 0.25) is 0 Å². The van der Waals surface area contributed by atoms with E-state index in [1.807, 2.05) is 0 Å². The maximum absolute atomic E-state index is 12.2. The van der Waals surface area contributed by atoms with Crippen LogP contribution in [0.1, 0.15) is 27.2 Å². The molecule has 1 aromatic carbocycles. The Hall–Kier alpha value is -1.32. The van der Waals surface area contributed by atoms with E-state index >= 15 is 0 Å². The number of anilines is 1. The zero-order chi connectivity index (χ0) is 12.9. The first-order valence-electron chi connectivity index (χ1n) is 5.66. The lowest BCUT2D eigenvalue weighted by molar-refractivity contribution is -0.0493. The molecule has 0 aliphatic rings. The van der Waals surface area contributed by atoms with E-state index in [1.165, 1.54) is 6.07 Å². The van der Waals surface area contributed by atoms with Crippen molar-refractivity contribution in [2.24, 2.45) is 5.41 Å². The molecule has 2 nitrogen and oxygen atoms in total. The minimum atomic E-state index is -2.79. The third-order valence-electron chi connectivity index (χ3n) is 2.29. The fourth-order valence-corrected chi connectivity index (χ4v) is 1.38. The predicted molar refractivity (Wildman–Crippen MR) is 65.6 cm³/mol. The van der Waals surface area contributed by atoms with Crippen LogP contribution in [0.3, 0.4) is 0 Å². The molecule has 0 saturated heterocycles. The summed E-state index contributed by atoms with van der Waals surface area (Å²) in [6.45, 7) is 4.34. The average Bonchev–Trinajstić information content (AvgIpc) is 2.18. The molecule has 4 heteroatoms. The van der Waals surface area contributed by atoms with Gasteiger partial charge in [-0.3, -0.25) is 0 Å². The van der Waals surface area contributed by atoms with Crippen LogP contribution in [0.5, 0.6) is 5.75 Å². The molecule has 0 bridgehead atoms. The van der Waals surface area contributed by atoms with Gasteiger partial charge in [0, 0.05) is 6.54 Å². The Morgan fingerprint density at radius 2 is 1.88 bits per heavy atom. The van der Waals surface area contributed by atoms with Crippen molar-refractivity contribution in [3.63, 3.8) is 0 Å². The fraction of sp³-hybridized carbons (Fsp3) is 0.538. The number of hydrogen-bond acceptors (Lipinski definition) is 2. The van der Waals surface area contributed by atoms with Gasteiger partial charge in [0.25, 0.3) is 0 Å². The van der Waals surface area contributed by atoms with Crippen molar-refractivity contribution in [2.75, 3.05) is 11.9 Å². The van der Waals surface area contributed by atoms with E-state index in [0.29, 0.717) is 5.69 Å². The molecule has 96 valence electrons. The van der Waals surface area contributed by atoms with Crippen molar-refractivity contribution < 1.29 is 13.5 Å². The van der Waals surface area contributed by atoms with Gasteiger partial charge in [0.15, 0.2) is 0 Å². The van der Waals surface area contributed by atoms with E-state index < -0.39 is 6.61 Å². The van der Waals surface area contributed by atoms with Gasteiger partial charge in [0.05, 0.1) is 5.69 Å². The van der Waals surface area contributed by atoms with Gasteiger partial charge in [-0.2, -0.15) is 8.78 Å². The summed E-state index contributed by atoms with van der Waals surface area (Å²) in [6, 6.07) is 6.73. The number of alkyl halides is 2. The zero-order valence-corrected chi connectivity index (χ0v) is 10.5. The van der Waals surface area contributed by atoms with Gasteiger partial charge >= 0.3 is 6.61 Å². The van der Waals surface area contributed by atoms with Crippen LogP contribution in [0.25, 0.3) is 0 Å². The molecule has 0 unspecified atom stereocenters. The molecule has 0 aromatic heterocycles. The summed E-state index contributed by atoms with van der Waals surface area (Å²) in [6.07, 6.45) is 0.954. The van der Waals surface area contributed by atoms with E-state index in [-0.39, 0.29) is 11.2 Å². The first kappa shape index (κ1) is 13.7. The number of hydrogen-bond donors (Lipinski definition) is 1. The molecule has 0 heterocycles. The summed E-state index contributed by atoms with van der Waals surface area (Å²) in [5, 5.41) is 3.12. The minimum Gasteiger partial charge on any atom is -0.433 e. The highest BCUT2D eigenvalue weighted by molar-refractivity contribution is 5.56. The first-order valence-corrected chi connectivity index (χ1v) is 5.66. The maximum Gasteiger partial charge on any atom is 0.387 e. The Kier molecular flexibility index (Phi) is 4.73. The molecule has 0 atom stereocenters. The second kappa shape index (κ2) is 5.84. The van der Waals surface area contributed by atoms with Gasteiger partial charge in [-0.15, -0.1) is 0 Å². The zero-order valence-electron chi connectivity index (χ0n) is 10.5. The summed E-state index contributed by atoms with van der Waals surface area (Å²) in [5.74, 6) is 0.191. The number of para-hydroxylation sites is 2. The lowest BCUT2D eigenvalue weighted by Crippen LogP contribution is -2.13. The molecular weight excluding hydrogens is 224 g/mol. The SMILES string of the molecule is CC(C)(C)CCNc1ccccc1OC(F)F. The Morgan fingerprint density at radius 1 is 1.24 bits per heavy atom. The lowest BCUT2D eigenvalue weighted by atomic mass is 9.92. The number of rotatable bonds is 5. The topological polar surface area (TPSA) is 21.3 Å². The monoisotopic (exact) mass is 243 g/mol. The van der Waals surface area contributed by atoms with Crippen LogP contribution in [0.2, 0.25) is 0 Å². The molecule has 0 aliphatic carbocycles. The van der Waals surface area contributed by atoms with E-state index in [2.05, 4.69) is 30.8 Å². The van der Waals surface area contributed by atoms with Crippen LogP contribution >= 0.6 is 0 Å². The molecule has 0 amide bonds. The molecule has 1 rings (SSSR count). The van der Waals surface area contributed by atoms with Crippen molar-refractivity contribution in [1.29, 1.82) is 0 Å². The molecule has 0 spiro atoms. The fourth-order valence-electron chi connectivity index (χ4n) is 1.38. The largest absolute Gasteiger partial charge is 0.433 e. The minimum absolute atomic E-state index is 0.191. The Morgan fingerprint density at radius 3 is 2.47 bits per heavy atom. The molecular formula is C13H19F2NO. The highest BCUT2D eigenvalue weighted by Crippen LogP contribution is 2.26. The maximum atomic E-state index is 12.2. The summed E-state index contributed by atoms with van der Waals surface area (Å²) < 4.78 is 28.8. The van der Waals surface area contributed by atoms with Crippen molar-refractivity contribution in [2.45, 2.75) is 33.8 Å². The normalized spacial score (nSPS) is 11.6. The van der Waals surface area contributed by atoms with Crippen LogP contribution < -0.4 is 10.1 Å². The van der Waals surface area contributed by atoms with E-state index in [4.69, 9.17) is 0 Å². The Bertz CT molecular complexity index is 348. The quantitative estimate of drug-likeness (QED) is 0.839. The van der Waals surface area contributed by atoms with Crippen molar-refractivity contribution in [3.05, 3.63) is 24.3 Å². The number of halogens is 2. The average molecular weight is 243 g/mol. The lowest BCUT2D eigenvalue weighted by Gasteiger charge is -2.19. The predicted octanol–water partition coefficient (Wildman–Crippen LogP) is 4.14. The second-order valence-electron chi connectivity index (χ2n) is 5.11. The first-order chi connectivity index (χ1) is 7.88. The summed E-state index contributed by atoms with van der Waals surface area (Å²) >= 11 is 0.